The number of methoxy groups -OCH3 is 1. The maximum atomic E-state index is 15.0. The standard InChI is InChI=1S/C44H63FN6O5S/c1-5-47(6-2)25-32(3)42(52)51-29-39(30-51)57(54,55)38-16-14-37(15-17-38)50-27-33(28-50)26-48-22-18-34(19-23-48)44(31-49-20-9-21-49,35-10-7-11-36(45)24-35)40-12-8-13-41(40)46-43(53)56-4/h7,10-11,14-17,24,33-34,39-41H,3,5-6,8-9,12-13,18-23,25-31H2,1-2,4H3,(H,46,53)/t40-,41-,44-/m0/s1. The Morgan fingerprint density at radius 2 is 1.63 bits per heavy atom. The third-order valence-electron chi connectivity index (χ3n) is 14.0. The number of likely N-dealkylation sites (N-methyl/N-ethyl adjacent to an activating group) is 1. The normalized spacial score (nSPS) is 23.7. The number of likely N-dealkylation sites (tertiary alicyclic amines) is 3. The van der Waals surface area contributed by atoms with E-state index in [4.69, 9.17) is 4.74 Å². The maximum Gasteiger partial charge on any atom is 0.407 e. The van der Waals surface area contributed by atoms with Gasteiger partial charge in [0.25, 0.3) is 5.91 Å². The first-order valence-electron chi connectivity index (χ1n) is 21.3. The number of piperidine rings is 1. The third-order valence-corrected chi connectivity index (χ3v) is 16.1. The van der Waals surface area contributed by atoms with Crippen LogP contribution in [0.25, 0.3) is 0 Å². The van der Waals surface area contributed by atoms with E-state index in [0.717, 1.165) is 109 Å². The number of hydrogen-bond donors (Lipinski definition) is 1. The molecule has 4 heterocycles. The van der Waals surface area contributed by atoms with Crippen molar-refractivity contribution in [2.45, 2.75) is 74.0 Å². The van der Waals surface area contributed by atoms with Gasteiger partial charge in [-0.2, -0.15) is 0 Å². The van der Waals surface area contributed by atoms with Crippen LogP contribution >= 0.6 is 0 Å². The number of carbonyl (C=O) groups excluding carboxylic acids is 2. The van der Waals surface area contributed by atoms with Gasteiger partial charge in [-0.05, 0) is 125 Å². The highest BCUT2D eigenvalue weighted by Crippen LogP contribution is 2.51. The molecule has 4 aliphatic heterocycles. The van der Waals surface area contributed by atoms with Crippen LogP contribution in [0.5, 0.6) is 0 Å². The second kappa shape index (κ2) is 17.8. The number of benzene rings is 2. The molecule has 3 atom stereocenters. The molecule has 13 heteroatoms. The van der Waals surface area contributed by atoms with E-state index in [2.05, 4.69) is 37.6 Å². The van der Waals surface area contributed by atoms with Crippen LogP contribution in [0, 0.1) is 23.6 Å². The van der Waals surface area contributed by atoms with Crippen LogP contribution in [-0.4, -0.2) is 144 Å². The number of amides is 2. The average Bonchev–Trinajstić information content (AvgIpc) is 3.62. The molecule has 0 bridgehead atoms. The smallest absolute Gasteiger partial charge is 0.407 e. The summed E-state index contributed by atoms with van der Waals surface area (Å²) in [6, 6.07) is 14.5. The predicted molar refractivity (Wildman–Crippen MR) is 222 cm³/mol. The van der Waals surface area contributed by atoms with Crippen LogP contribution in [0.1, 0.15) is 57.9 Å². The number of alkyl carbamates (subject to hydrolysis) is 1. The lowest BCUT2D eigenvalue weighted by Crippen LogP contribution is -2.60. The van der Waals surface area contributed by atoms with E-state index in [9.17, 15) is 18.0 Å². The minimum Gasteiger partial charge on any atom is -0.453 e. The highest BCUT2D eigenvalue weighted by atomic mass is 32.2. The van der Waals surface area contributed by atoms with Gasteiger partial charge in [0.2, 0.25) is 0 Å². The molecule has 7 rings (SSSR count). The number of carbonyl (C=O) groups is 2. The molecule has 11 nitrogen and oxygen atoms in total. The molecule has 0 radical (unpaired) electrons. The molecule has 2 aromatic carbocycles. The van der Waals surface area contributed by atoms with Crippen molar-refractivity contribution in [3.63, 3.8) is 0 Å². The van der Waals surface area contributed by atoms with E-state index in [1.807, 2.05) is 32.0 Å². The van der Waals surface area contributed by atoms with Gasteiger partial charge in [0.1, 0.15) is 11.1 Å². The van der Waals surface area contributed by atoms with Crippen LogP contribution < -0.4 is 10.2 Å². The summed E-state index contributed by atoms with van der Waals surface area (Å²) in [5.74, 6) is 0.710. The Hall–Kier alpha value is -3.52. The maximum absolute atomic E-state index is 15.0. The fourth-order valence-corrected chi connectivity index (χ4v) is 12.1. The van der Waals surface area contributed by atoms with Gasteiger partial charge < -0.3 is 29.7 Å². The van der Waals surface area contributed by atoms with E-state index in [-0.39, 0.29) is 42.2 Å². The first-order valence-corrected chi connectivity index (χ1v) is 22.8. The summed E-state index contributed by atoms with van der Waals surface area (Å²) >= 11 is 0. The van der Waals surface area contributed by atoms with Crippen LogP contribution in [0.15, 0.2) is 65.6 Å². The van der Waals surface area contributed by atoms with E-state index < -0.39 is 21.2 Å². The van der Waals surface area contributed by atoms with Gasteiger partial charge in [-0.1, -0.05) is 39.0 Å². The van der Waals surface area contributed by atoms with Crippen molar-refractivity contribution in [2.24, 2.45) is 17.8 Å². The number of hydrogen-bond acceptors (Lipinski definition) is 9. The molecule has 1 aliphatic carbocycles. The molecule has 4 saturated heterocycles. The fraction of sp³-hybridized carbons (Fsp3) is 0.636. The lowest BCUT2D eigenvalue weighted by molar-refractivity contribution is -0.130. The van der Waals surface area contributed by atoms with E-state index in [0.29, 0.717) is 28.8 Å². The van der Waals surface area contributed by atoms with Gasteiger partial charge in [0.15, 0.2) is 9.84 Å². The molecule has 57 heavy (non-hydrogen) atoms. The Morgan fingerprint density at radius 3 is 2.25 bits per heavy atom. The van der Waals surface area contributed by atoms with Crippen molar-refractivity contribution in [1.29, 1.82) is 0 Å². The second-order valence-electron chi connectivity index (χ2n) is 17.2. The van der Waals surface area contributed by atoms with Gasteiger partial charge in [0, 0.05) is 74.4 Å². The van der Waals surface area contributed by atoms with Crippen molar-refractivity contribution in [3.8, 4) is 0 Å². The van der Waals surface area contributed by atoms with Gasteiger partial charge >= 0.3 is 6.09 Å². The van der Waals surface area contributed by atoms with Crippen LogP contribution in [0.2, 0.25) is 0 Å². The molecule has 5 aliphatic rings. The van der Waals surface area contributed by atoms with Gasteiger partial charge in [-0.15, -0.1) is 0 Å². The first kappa shape index (κ1) is 41.6. The number of ether oxygens (including phenoxy) is 1. The number of nitrogens with zero attached hydrogens (tertiary/aromatic N) is 5. The van der Waals surface area contributed by atoms with Crippen molar-refractivity contribution in [3.05, 3.63) is 72.1 Å². The van der Waals surface area contributed by atoms with Gasteiger partial charge in [0.05, 0.1) is 12.0 Å². The monoisotopic (exact) mass is 806 g/mol. The lowest BCUT2D eigenvalue weighted by atomic mass is 9.57. The Balaban J connectivity index is 0.935. The minimum absolute atomic E-state index is 0.0112. The molecule has 0 aromatic heterocycles. The topological polar surface area (TPSA) is 106 Å². The summed E-state index contributed by atoms with van der Waals surface area (Å²) in [4.78, 5) is 36.8. The summed E-state index contributed by atoms with van der Waals surface area (Å²) in [7, 11) is -2.13. The zero-order valence-electron chi connectivity index (χ0n) is 34.2. The Morgan fingerprint density at radius 1 is 0.930 bits per heavy atom. The molecular weight excluding hydrogens is 744 g/mol. The summed E-state index contributed by atoms with van der Waals surface area (Å²) in [5, 5.41) is 2.59. The minimum atomic E-state index is -3.55. The number of rotatable bonds is 16. The van der Waals surface area contributed by atoms with Crippen molar-refractivity contribution in [2.75, 3.05) is 97.1 Å². The SMILES string of the molecule is C=C(CN(CC)CC)C(=O)N1CC(S(=O)(=O)c2ccc(N3CC(CN4CCC([C@@](CN5CCC5)(c5cccc(F)c5)[C@H]5CCC[C@@H]5NC(=O)OC)CC4)C3)cc2)C1. The molecular formula is C44H63FN6O5S. The molecule has 0 spiro atoms. The summed E-state index contributed by atoms with van der Waals surface area (Å²) in [6.45, 7) is 18.4. The molecule has 0 unspecified atom stereocenters. The van der Waals surface area contributed by atoms with E-state index >= 15 is 4.39 Å². The molecule has 2 aromatic rings. The largest absolute Gasteiger partial charge is 0.453 e. The van der Waals surface area contributed by atoms with Crippen LogP contribution in [-0.2, 0) is 24.8 Å². The van der Waals surface area contributed by atoms with Gasteiger partial charge in [-0.25, -0.2) is 17.6 Å². The highest BCUT2D eigenvalue weighted by Gasteiger charge is 2.53. The molecule has 1 N–H and O–H groups in total. The van der Waals surface area contributed by atoms with Crippen molar-refractivity contribution >= 4 is 27.5 Å². The third kappa shape index (κ3) is 8.77. The quantitative estimate of drug-likeness (QED) is 0.234. The molecule has 1 saturated carbocycles. The number of anilines is 1. The first-order chi connectivity index (χ1) is 27.4. The van der Waals surface area contributed by atoms with Gasteiger partial charge in [-0.3, -0.25) is 9.69 Å². The summed E-state index contributed by atoms with van der Waals surface area (Å²) in [6.07, 6.45) is 5.78. The highest BCUT2D eigenvalue weighted by molar-refractivity contribution is 7.92. The molecule has 312 valence electrons. The van der Waals surface area contributed by atoms with Crippen molar-refractivity contribution < 1.29 is 27.1 Å². The number of halogens is 1. The summed E-state index contributed by atoms with van der Waals surface area (Å²) < 4.78 is 46.9. The predicted octanol–water partition coefficient (Wildman–Crippen LogP) is 5.02. The Bertz CT molecular complexity index is 1830. The van der Waals surface area contributed by atoms with Crippen LogP contribution in [0.4, 0.5) is 14.9 Å². The summed E-state index contributed by atoms with van der Waals surface area (Å²) in [5.41, 5.74) is 2.32. The lowest BCUT2D eigenvalue weighted by Gasteiger charge is -2.54. The van der Waals surface area contributed by atoms with E-state index in [1.165, 1.54) is 19.6 Å². The second-order valence-corrected chi connectivity index (χ2v) is 19.5. The van der Waals surface area contributed by atoms with Crippen molar-refractivity contribution in [1.82, 2.24) is 24.9 Å². The van der Waals surface area contributed by atoms with Crippen LogP contribution in [0.3, 0.4) is 0 Å². The fourth-order valence-electron chi connectivity index (χ4n) is 10.5. The number of sulfone groups is 1. The Kier molecular flexibility index (Phi) is 13.0. The molecule has 5 fully saturated rings. The zero-order chi connectivity index (χ0) is 40.3. The average molecular weight is 807 g/mol. The number of nitrogens with one attached hydrogen (secondary N) is 1. The van der Waals surface area contributed by atoms with E-state index in [1.54, 1.807) is 23.1 Å². The Labute approximate surface area is 339 Å². The molecule has 2 amide bonds. The zero-order valence-corrected chi connectivity index (χ0v) is 35.0.